The van der Waals surface area contributed by atoms with E-state index in [2.05, 4.69) is 0 Å². The molecule has 0 saturated carbocycles. The van der Waals surface area contributed by atoms with Gasteiger partial charge in [-0.3, -0.25) is 0 Å². The van der Waals surface area contributed by atoms with E-state index in [0.29, 0.717) is 44.4 Å². The molecule has 0 aromatic heterocycles. The summed E-state index contributed by atoms with van der Waals surface area (Å²) < 4.78 is 11.5. The van der Waals surface area contributed by atoms with Gasteiger partial charge in [0, 0.05) is 18.3 Å². The Morgan fingerprint density at radius 1 is 0.606 bits per heavy atom. The molecular weight excluding hydrogens is 506 g/mol. The normalized spacial score (nSPS) is 12.7. The van der Waals surface area contributed by atoms with Crippen LogP contribution in [0.2, 0.25) is 20.1 Å². The first-order chi connectivity index (χ1) is 15.0. The van der Waals surface area contributed by atoms with E-state index < -0.39 is 16.6 Å². The molecule has 8 heteroatoms. The molecule has 0 bridgehead atoms. The fourth-order valence-electron chi connectivity index (χ4n) is 3.09. The van der Waals surface area contributed by atoms with Crippen LogP contribution in [0, 0.1) is 0 Å². The lowest BCUT2D eigenvalue weighted by molar-refractivity contribution is 0.0546. The number of rotatable bonds is 10. The Morgan fingerprint density at radius 2 is 0.879 bits per heavy atom. The fraction of sp³-hybridized carbons (Fsp3) is 0.520. The molecule has 0 fully saturated rings. The minimum Gasteiger partial charge on any atom is -0.490 e. The largest absolute Gasteiger partial charge is 0.490 e. The minimum atomic E-state index is -0.844. The molecule has 0 aliphatic carbocycles. The van der Waals surface area contributed by atoms with E-state index in [4.69, 9.17) is 55.9 Å². The van der Waals surface area contributed by atoms with Crippen molar-refractivity contribution in [2.24, 2.45) is 0 Å². The first kappa shape index (κ1) is 28.4. The highest BCUT2D eigenvalue weighted by molar-refractivity contribution is 6.38. The summed E-state index contributed by atoms with van der Waals surface area (Å²) in [6.07, 6.45) is 0.877. The van der Waals surface area contributed by atoms with Crippen molar-refractivity contribution in [2.75, 3.05) is 13.2 Å². The van der Waals surface area contributed by atoms with E-state index >= 15 is 0 Å². The number of benzene rings is 2. The van der Waals surface area contributed by atoms with E-state index in [-0.39, 0.29) is 13.2 Å². The molecule has 0 atom stereocenters. The Balaban J connectivity index is 2.28. The SMILES string of the molecule is CC(C)(O)CCOc1c(Cl)cc(C(C)(C)c2cc(Cl)c(OCCC(C)(C)O)c(Cl)c2)cc1Cl. The number of aliphatic hydroxyl groups is 2. The van der Waals surface area contributed by atoms with Gasteiger partial charge >= 0.3 is 0 Å². The van der Waals surface area contributed by atoms with Crippen LogP contribution in [-0.2, 0) is 5.41 Å². The van der Waals surface area contributed by atoms with Gasteiger partial charge < -0.3 is 19.7 Å². The molecule has 0 aliphatic heterocycles. The summed E-state index contributed by atoms with van der Waals surface area (Å²) in [5.74, 6) is 0.766. The summed E-state index contributed by atoms with van der Waals surface area (Å²) in [7, 11) is 0. The van der Waals surface area contributed by atoms with E-state index in [1.54, 1.807) is 27.7 Å². The van der Waals surface area contributed by atoms with E-state index in [9.17, 15) is 10.2 Å². The molecular formula is C25H32Cl4O4. The molecule has 4 nitrogen and oxygen atoms in total. The van der Waals surface area contributed by atoms with Gasteiger partial charge in [-0.2, -0.15) is 0 Å². The predicted molar refractivity (Wildman–Crippen MR) is 138 cm³/mol. The lowest BCUT2D eigenvalue weighted by Crippen LogP contribution is -2.22. The zero-order valence-corrected chi connectivity index (χ0v) is 22.9. The molecule has 0 spiro atoms. The second-order valence-electron chi connectivity index (χ2n) is 9.98. The number of halogens is 4. The maximum atomic E-state index is 9.87. The Hall–Kier alpha value is -0.880. The smallest absolute Gasteiger partial charge is 0.156 e. The van der Waals surface area contributed by atoms with E-state index in [0.717, 1.165) is 11.1 Å². The van der Waals surface area contributed by atoms with Gasteiger partial charge in [-0.25, -0.2) is 0 Å². The second kappa shape index (κ2) is 10.8. The summed E-state index contributed by atoms with van der Waals surface area (Å²) >= 11 is 26.0. The molecule has 0 heterocycles. The molecule has 2 rings (SSSR count). The second-order valence-corrected chi connectivity index (χ2v) is 11.6. The van der Waals surface area contributed by atoms with Crippen molar-refractivity contribution in [3.63, 3.8) is 0 Å². The van der Waals surface area contributed by atoms with Gasteiger partial charge in [0.15, 0.2) is 11.5 Å². The predicted octanol–water partition coefficient (Wildman–Crippen LogP) is 7.71. The Bertz CT molecular complexity index is 852. The van der Waals surface area contributed by atoms with Crippen LogP contribution in [0.15, 0.2) is 24.3 Å². The zero-order valence-electron chi connectivity index (χ0n) is 19.9. The first-order valence-electron chi connectivity index (χ1n) is 10.7. The number of hydrogen-bond donors (Lipinski definition) is 2. The van der Waals surface area contributed by atoms with Crippen LogP contribution < -0.4 is 9.47 Å². The lowest BCUT2D eigenvalue weighted by Gasteiger charge is -2.28. The summed E-state index contributed by atoms with van der Waals surface area (Å²) in [6, 6.07) is 7.23. The van der Waals surface area contributed by atoms with Gasteiger partial charge in [0.05, 0.1) is 44.5 Å². The summed E-state index contributed by atoms with van der Waals surface area (Å²) in [5, 5.41) is 21.3. The average Bonchev–Trinajstić information content (AvgIpc) is 2.64. The molecule has 2 aromatic carbocycles. The quantitative estimate of drug-likeness (QED) is 0.326. The van der Waals surface area contributed by atoms with Crippen LogP contribution in [0.4, 0.5) is 0 Å². The van der Waals surface area contributed by atoms with Crippen LogP contribution in [0.3, 0.4) is 0 Å². The third-order valence-electron chi connectivity index (χ3n) is 5.36. The van der Waals surface area contributed by atoms with Crippen molar-refractivity contribution in [3.05, 3.63) is 55.5 Å². The van der Waals surface area contributed by atoms with Gasteiger partial charge in [-0.15, -0.1) is 0 Å². The highest BCUT2D eigenvalue weighted by atomic mass is 35.5. The summed E-state index contributed by atoms with van der Waals surface area (Å²) in [4.78, 5) is 0. The van der Waals surface area contributed by atoms with E-state index in [1.165, 1.54) is 0 Å². The van der Waals surface area contributed by atoms with Crippen LogP contribution >= 0.6 is 46.4 Å². The van der Waals surface area contributed by atoms with Gasteiger partial charge in [-0.1, -0.05) is 60.3 Å². The molecule has 0 amide bonds. The molecule has 0 radical (unpaired) electrons. The molecule has 0 aliphatic rings. The van der Waals surface area contributed by atoms with Gasteiger partial charge in [0.25, 0.3) is 0 Å². The van der Waals surface area contributed by atoms with Crippen molar-refractivity contribution < 1.29 is 19.7 Å². The van der Waals surface area contributed by atoms with Gasteiger partial charge in [0.2, 0.25) is 0 Å². The van der Waals surface area contributed by atoms with Gasteiger partial charge in [0.1, 0.15) is 0 Å². The van der Waals surface area contributed by atoms with Crippen molar-refractivity contribution in [2.45, 2.75) is 71.0 Å². The third kappa shape index (κ3) is 8.09. The highest BCUT2D eigenvalue weighted by Gasteiger charge is 2.28. The van der Waals surface area contributed by atoms with Crippen LogP contribution in [0.1, 0.15) is 65.5 Å². The monoisotopic (exact) mass is 536 g/mol. The van der Waals surface area contributed by atoms with Crippen molar-refractivity contribution >= 4 is 46.4 Å². The summed E-state index contributed by atoms with van der Waals surface area (Å²) in [6.45, 7) is 11.4. The molecule has 0 unspecified atom stereocenters. The standard InChI is InChI=1S/C25H32Cl4O4/c1-23(2,30)7-9-32-21-17(26)11-15(12-18(21)27)25(5,6)16-13-19(28)22(20(29)14-16)33-10-8-24(3,4)31/h11-14,30-31H,7-10H2,1-6H3. The lowest BCUT2D eigenvalue weighted by atomic mass is 9.78. The number of hydrogen-bond acceptors (Lipinski definition) is 4. The molecule has 2 N–H and O–H groups in total. The maximum absolute atomic E-state index is 9.87. The van der Waals surface area contributed by atoms with Crippen molar-refractivity contribution in [1.82, 2.24) is 0 Å². The Morgan fingerprint density at radius 3 is 1.12 bits per heavy atom. The van der Waals surface area contributed by atoms with Crippen molar-refractivity contribution in [1.29, 1.82) is 0 Å². The molecule has 2 aromatic rings. The highest BCUT2D eigenvalue weighted by Crippen LogP contribution is 2.44. The van der Waals surface area contributed by atoms with Crippen molar-refractivity contribution in [3.8, 4) is 11.5 Å². The minimum absolute atomic E-state index is 0.284. The molecule has 33 heavy (non-hydrogen) atoms. The van der Waals surface area contributed by atoms with Gasteiger partial charge in [-0.05, 0) is 63.1 Å². The molecule has 0 saturated heterocycles. The third-order valence-corrected chi connectivity index (χ3v) is 6.48. The topological polar surface area (TPSA) is 58.9 Å². The zero-order chi connectivity index (χ0) is 25.2. The fourth-order valence-corrected chi connectivity index (χ4v) is 4.28. The van der Waals surface area contributed by atoms with Crippen LogP contribution in [-0.4, -0.2) is 34.6 Å². The molecule has 184 valence electrons. The van der Waals surface area contributed by atoms with E-state index in [1.807, 2.05) is 38.1 Å². The van der Waals surface area contributed by atoms with Crippen LogP contribution in [0.25, 0.3) is 0 Å². The summed E-state index contributed by atoms with van der Waals surface area (Å²) in [5.41, 5.74) is -0.504. The Labute approximate surface area is 216 Å². The maximum Gasteiger partial charge on any atom is 0.156 e. The Kier molecular flexibility index (Phi) is 9.28. The number of ether oxygens (including phenoxy) is 2. The average molecular weight is 538 g/mol. The first-order valence-corrected chi connectivity index (χ1v) is 12.2. The van der Waals surface area contributed by atoms with Crippen LogP contribution in [0.5, 0.6) is 11.5 Å².